The first-order valence-corrected chi connectivity index (χ1v) is 12.2. The summed E-state index contributed by atoms with van der Waals surface area (Å²) in [4.78, 5) is 26.6. The van der Waals surface area contributed by atoms with Crippen molar-refractivity contribution in [1.82, 2.24) is 19.8 Å². The third kappa shape index (κ3) is 6.13. The zero-order valence-corrected chi connectivity index (χ0v) is 20.4. The molecule has 0 spiro atoms. The van der Waals surface area contributed by atoms with E-state index in [1.165, 1.54) is 5.56 Å². The average Bonchev–Trinajstić information content (AvgIpc) is 2.91. The lowest BCUT2D eigenvalue weighted by Crippen LogP contribution is -2.43. The van der Waals surface area contributed by atoms with Gasteiger partial charge in [0.2, 0.25) is 5.95 Å². The zero-order valence-electron chi connectivity index (χ0n) is 20.4. The number of hydrogen-bond acceptors (Lipinski definition) is 6. The van der Waals surface area contributed by atoms with Crippen molar-refractivity contribution in [2.45, 2.75) is 6.54 Å². The number of amides is 1. The molecule has 0 unspecified atom stereocenters. The van der Waals surface area contributed by atoms with Gasteiger partial charge in [-0.25, -0.2) is 9.97 Å². The van der Waals surface area contributed by atoms with E-state index in [1.54, 1.807) is 6.20 Å². The number of nitrogens with one attached hydrogen (secondary N) is 2. The van der Waals surface area contributed by atoms with Crippen molar-refractivity contribution in [2.24, 2.45) is 0 Å². The number of hydrogen-bond donors (Lipinski definition) is 2. The molecule has 3 aromatic carbocycles. The van der Waals surface area contributed by atoms with E-state index < -0.39 is 0 Å². The van der Waals surface area contributed by atoms with Crippen LogP contribution in [0.15, 0.2) is 91.1 Å². The largest absolute Gasteiger partial charge is 0.324 e. The van der Waals surface area contributed by atoms with Crippen LogP contribution in [0.1, 0.15) is 15.9 Å². The molecule has 1 aromatic heterocycles. The lowest BCUT2D eigenvalue weighted by molar-refractivity contribution is 0.102. The van der Waals surface area contributed by atoms with Gasteiger partial charge in [-0.2, -0.15) is 0 Å². The molecule has 7 heteroatoms. The molecule has 36 heavy (non-hydrogen) atoms. The molecule has 1 aliphatic rings. The molecule has 2 heterocycles. The van der Waals surface area contributed by atoms with Crippen LogP contribution in [0.4, 0.5) is 17.3 Å². The van der Waals surface area contributed by atoms with Crippen molar-refractivity contribution < 1.29 is 4.79 Å². The predicted molar refractivity (Wildman–Crippen MR) is 144 cm³/mol. The number of carbonyl (C=O) groups excluding carboxylic acids is 1. The molecule has 7 nitrogen and oxygen atoms in total. The van der Waals surface area contributed by atoms with Crippen LogP contribution in [-0.4, -0.2) is 58.9 Å². The first-order valence-electron chi connectivity index (χ1n) is 12.2. The van der Waals surface area contributed by atoms with Gasteiger partial charge in [-0.3, -0.25) is 9.69 Å². The fourth-order valence-corrected chi connectivity index (χ4v) is 4.22. The second kappa shape index (κ2) is 11.1. The molecule has 1 aliphatic heterocycles. The molecule has 1 fully saturated rings. The summed E-state index contributed by atoms with van der Waals surface area (Å²) < 4.78 is 0. The predicted octanol–water partition coefficient (Wildman–Crippen LogP) is 4.89. The molecule has 1 saturated heterocycles. The van der Waals surface area contributed by atoms with Crippen LogP contribution in [0.5, 0.6) is 0 Å². The topological polar surface area (TPSA) is 73.4 Å². The van der Waals surface area contributed by atoms with Crippen molar-refractivity contribution in [3.8, 4) is 11.3 Å². The van der Waals surface area contributed by atoms with E-state index in [-0.39, 0.29) is 5.91 Å². The fraction of sp³-hybridized carbons (Fsp3) is 0.207. The first-order chi connectivity index (χ1) is 17.6. The second-order valence-corrected chi connectivity index (χ2v) is 9.07. The standard InChI is InChI=1S/C29H30N6O/c1-34-16-18-35(19-17-34)21-22-10-12-24(13-11-22)28(36)31-25-8-5-9-26(20-25)32-29-30-15-14-27(33-29)23-6-3-2-4-7-23/h2-15,20H,16-19,21H2,1H3,(H,31,36)(H,30,32,33). The molecular weight excluding hydrogens is 448 g/mol. The van der Waals surface area contributed by atoms with Crippen LogP contribution in [0.3, 0.4) is 0 Å². The number of piperazine rings is 1. The SMILES string of the molecule is CN1CCN(Cc2ccc(C(=O)Nc3cccc(Nc4nccc(-c5ccccc5)n4)c3)cc2)CC1. The summed E-state index contributed by atoms with van der Waals surface area (Å²) in [5.41, 5.74) is 5.22. The lowest BCUT2D eigenvalue weighted by Gasteiger charge is -2.32. The highest BCUT2D eigenvalue weighted by atomic mass is 16.1. The van der Waals surface area contributed by atoms with Crippen LogP contribution < -0.4 is 10.6 Å². The Morgan fingerprint density at radius 2 is 1.61 bits per heavy atom. The number of benzene rings is 3. The van der Waals surface area contributed by atoms with Crippen LogP contribution >= 0.6 is 0 Å². The Bertz CT molecular complexity index is 1300. The molecule has 0 saturated carbocycles. The highest BCUT2D eigenvalue weighted by Crippen LogP contribution is 2.22. The average molecular weight is 479 g/mol. The van der Waals surface area contributed by atoms with Crippen LogP contribution in [0.25, 0.3) is 11.3 Å². The molecule has 0 atom stereocenters. The van der Waals surface area contributed by atoms with Crippen LogP contribution in [0, 0.1) is 0 Å². The van der Waals surface area contributed by atoms with Gasteiger partial charge in [-0.1, -0.05) is 48.5 Å². The van der Waals surface area contributed by atoms with E-state index in [1.807, 2.05) is 84.9 Å². The van der Waals surface area contributed by atoms with E-state index in [9.17, 15) is 4.79 Å². The number of likely N-dealkylation sites (N-methyl/N-ethyl adjacent to an activating group) is 1. The quantitative estimate of drug-likeness (QED) is 0.394. The third-order valence-electron chi connectivity index (χ3n) is 6.32. The highest BCUT2D eigenvalue weighted by molar-refractivity contribution is 6.04. The smallest absolute Gasteiger partial charge is 0.255 e. The first kappa shape index (κ1) is 23.7. The monoisotopic (exact) mass is 478 g/mol. The molecule has 0 bridgehead atoms. The highest BCUT2D eigenvalue weighted by Gasteiger charge is 2.14. The minimum absolute atomic E-state index is 0.138. The van der Waals surface area contributed by atoms with Crippen molar-refractivity contribution in [2.75, 3.05) is 43.9 Å². The van der Waals surface area contributed by atoms with E-state index >= 15 is 0 Å². The second-order valence-electron chi connectivity index (χ2n) is 9.07. The third-order valence-corrected chi connectivity index (χ3v) is 6.32. The summed E-state index contributed by atoms with van der Waals surface area (Å²) in [6, 6.07) is 27.3. The Labute approximate surface area is 211 Å². The minimum Gasteiger partial charge on any atom is -0.324 e. The molecule has 0 radical (unpaired) electrons. The summed E-state index contributed by atoms with van der Waals surface area (Å²) in [5, 5.41) is 6.23. The maximum absolute atomic E-state index is 12.9. The Hall–Kier alpha value is -4.07. The van der Waals surface area contributed by atoms with E-state index in [0.29, 0.717) is 17.2 Å². The molecular formula is C29H30N6O. The number of rotatable bonds is 7. The van der Waals surface area contributed by atoms with E-state index in [2.05, 4.69) is 37.4 Å². The Morgan fingerprint density at radius 1 is 0.861 bits per heavy atom. The summed E-state index contributed by atoms with van der Waals surface area (Å²) >= 11 is 0. The number of aromatic nitrogens is 2. The molecule has 2 N–H and O–H groups in total. The van der Waals surface area contributed by atoms with Gasteiger partial charge in [-0.15, -0.1) is 0 Å². The molecule has 0 aliphatic carbocycles. The zero-order chi connectivity index (χ0) is 24.7. The summed E-state index contributed by atoms with van der Waals surface area (Å²) in [7, 11) is 2.16. The van der Waals surface area contributed by atoms with Crippen molar-refractivity contribution in [3.63, 3.8) is 0 Å². The molecule has 1 amide bonds. The minimum atomic E-state index is -0.138. The van der Waals surface area contributed by atoms with E-state index in [0.717, 1.165) is 49.7 Å². The van der Waals surface area contributed by atoms with E-state index in [4.69, 9.17) is 0 Å². The molecule has 4 aromatic rings. The number of carbonyl (C=O) groups is 1. The van der Waals surface area contributed by atoms with Crippen molar-refractivity contribution >= 4 is 23.2 Å². The van der Waals surface area contributed by atoms with Gasteiger partial charge < -0.3 is 15.5 Å². The number of nitrogens with zero attached hydrogens (tertiary/aromatic N) is 4. The maximum atomic E-state index is 12.9. The number of anilines is 3. The van der Waals surface area contributed by atoms with Crippen LogP contribution in [0.2, 0.25) is 0 Å². The lowest BCUT2D eigenvalue weighted by atomic mass is 10.1. The van der Waals surface area contributed by atoms with Gasteiger partial charge in [0.1, 0.15) is 0 Å². The summed E-state index contributed by atoms with van der Waals surface area (Å²) in [6.45, 7) is 5.25. The van der Waals surface area contributed by atoms with Gasteiger partial charge in [0.05, 0.1) is 5.69 Å². The normalized spacial score (nSPS) is 14.4. The Morgan fingerprint density at radius 3 is 2.39 bits per heavy atom. The van der Waals surface area contributed by atoms with Gasteiger partial charge in [0, 0.05) is 61.4 Å². The molecule has 182 valence electrons. The summed E-state index contributed by atoms with van der Waals surface area (Å²) in [6.07, 6.45) is 1.73. The van der Waals surface area contributed by atoms with Gasteiger partial charge in [0.15, 0.2) is 0 Å². The molecule has 5 rings (SSSR count). The van der Waals surface area contributed by atoms with Gasteiger partial charge in [0.25, 0.3) is 5.91 Å². The van der Waals surface area contributed by atoms with Crippen molar-refractivity contribution in [3.05, 3.63) is 102 Å². The Kier molecular flexibility index (Phi) is 7.30. The van der Waals surface area contributed by atoms with Crippen LogP contribution in [-0.2, 0) is 6.54 Å². The van der Waals surface area contributed by atoms with Gasteiger partial charge >= 0.3 is 0 Å². The fourth-order valence-electron chi connectivity index (χ4n) is 4.22. The van der Waals surface area contributed by atoms with Crippen molar-refractivity contribution in [1.29, 1.82) is 0 Å². The Balaban J connectivity index is 1.20. The maximum Gasteiger partial charge on any atom is 0.255 e. The summed E-state index contributed by atoms with van der Waals surface area (Å²) in [5.74, 6) is 0.358. The van der Waals surface area contributed by atoms with Gasteiger partial charge in [-0.05, 0) is 49.0 Å².